The fraction of sp³-hybridized carbons (Fsp3) is 0.700. The number of ether oxygens (including phenoxy) is 2. The largest absolute Gasteiger partial charge is 0.497 e. The number of fused-ring (bicyclic) bond motifs is 2. The summed E-state index contributed by atoms with van der Waals surface area (Å²) in [5.74, 6) is 3.43. The number of halogens is 1. The van der Waals surface area contributed by atoms with Gasteiger partial charge in [0.2, 0.25) is 0 Å². The van der Waals surface area contributed by atoms with E-state index in [4.69, 9.17) is 9.47 Å². The summed E-state index contributed by atoms with van der Waals surface area (Å²) in [5, 5.41) is 9.93. The molecule has 142 valence electrons. The highest BCUT2D eigenvalue weighted by atomic mass is 35.5. The molecule has 5 heteroatoms. The number of methoxy groups -OCH3 is 2. The van der Waals surface area contributed by atoms with Gasteiger partial charge in [-0.3, -0.25) is 0 Å². The van der Waals surface area contributed by atoms with Gasteiger partial charge in [0.15, 0.2) is 5.76 Å². The zero-order chi connectivity index (χ0) is 17.3. The number of aliphatic hydroxyl groups is 1. The number of nitrogens with zero attached hydrogens (tertiary/aromatic N) is 1. The van der Waals surface area contributed by atoms with Crippen LogP contribution in [0.5, 0.6) is 0 Å². The predicted molar refractivity (Wildman–Crippen MR) is 102 cm³/mol. The van der Waals surface area contributed by atoms with Crippen molar-refractivity contribution >= 4 is 12.4 Å². The molecule has 1 N–H and O–H groups in total. The van der Waals surface area contributed by atoms with Crippen LogP contribution in [0.3, 0.4) is 0 Å². The lowest BCUT2D eigenvalue weighted by molar-refractivity contribution is 0.0888. The van der Waals surface area contributed by atoms with Gasteiger partial charge >= 0.3 is 0 Å². The van der Waals surface area contributed by atoms with Crippen LogP contribution in [0.25, 0.3) is 0 Å². The molecule has 0 unspecified atom stereocenters. The van der Waals surface area contributed by atoms with Crippen LogP contribution >= 0.6 is 12.4 Å². The van der Waals surface area contributed by atoms with Crippen LogP contribution in [0.1, 0.15) is 39.5 Å². The Balaban J connectivity index is 0.00000225. The zero-order valence-corrected chi connectivity index (χ0v) is 16.7. The molecule has 1 fully saturated rings. The maximum atomic E-state index is 9.93. The lowest BCUT2D eigenvalue weighted by atomic mass is 9.76. The van der Waals surface area contributed by atoms with Crippen molar-refractivity contribution in [1.29, 1.82) is 0 Å². The number of hydrogen-bond acceptors (Lipinski definition) is 4. The van der Waals surface area contributed by atoms with Gasteiger partial charge in [0.1, 0.15) is 5.76 Å². The molecule has 0 amide bonds. The number of rotatable bonds is 5. The van der Waals surface area contributed by atoms with E-state index in [1.807, 2.05) is 0 Å². The first-order valence-corrected chi connectivity index (χ1v) is 9.17. The number of hydrogen-bond donors (Lipinski definition) is 1. The van der Waals surface area contributed by atoms with E-state index in [1.165, 1.54) is 23.3 Å². The molecule has 1 saturated heterocycles. The topological polar surface area (TPSA) is 41.9 Å². The number of aliphatic hydroxyl groups excluding tert-OH is 1. The number of piperidine rings is 1. The molecular weight excluding hydrogens is 338 g/mol. The number of allylic oxidation sites excluding steroid dienone is 3. The van der Waals surface area contributed by atoms with Gasteiger partial charge in [-0.1, -0.05) is 13.8 Å². The maximum absolute atomic E-state index is 9.93. The first kappa shape index (κ1) is 20.2. The van der Waals surface area contributed by atoms with Crippen molar-refractivity contribution in [3.63, 3.8) is 0 Å². The SMILES string of the molecule is COC1=C(OC)CC2=C3C[C@@H](CO)[C@H](CC(C)C)CN3CCC2=C1.Cl. The predicted octanol–water partition coefficient (Wildman–Crippen LogP) is 3.88. The van der Waals surface area contributed by atoms with Gasteiger partial charge in [-0.05, 0) is 54.2 Å². The second-order valence-corrected chi connectivity index (χ2v) is 7.70. The van der Waals surface area contributed by atoms with Gasteiger partial charge in [0, 0.05) is 31.8 Å². The average Bonchev–Trinajstić information content (AvgIpc) is 2.59. The first-order chi connectivity index (χ1) is 11.6. The Bertz CT molecular complexity index is 579. The Morgan fingerprint density at radius 2 is 2.00 bits per heavy atom. The highest BCUT2D eigenvalue weighted by Gasteiger charge is 2.37. The third-order valence-electron chi connectivity index (χ3n) is 5.74. The van der Waals surface area contributed by atoms with Crippen LogP contribution in [0.4, 0.5) is 0 Å². The van der Waals surface area contributed by atoms with Gasteiger partial charge in [-0.25, -0.2) is 0 Å². The first-order valence-electron chi connectivity index (χ1n) is 9.17. The van der Waals surface area contributed by atoms with Crippen molar-refractivity contribution < 1.29 is 14.6 Å². The molecule has 0 bridgehead atoms. The van der Waals surface area contributed by atoms with Crippen molar-refractivity contribution in [3.05, 3.63) is 34.4 Å². The molecule has 2 aliphatic heterocycles. The van der Waals surface area contributed by atoms with E-state index in [-0.39, 0.29) is 19.0 Å². The van der Waals surface area contributed by atoms with E-state index in [9.17, 15) is 5.11 Å². The minimum absolute atomic E-state index is 0. The van der Waals surface area contributed by atoms with Crippen LogP contribution in [0.15, 0.2) is 34.4 Å². The smallest absolute Gasteiger partial charge is 0.157 e. The molecule has 2 heterocycles. The molecule has 25 heavy (non-hydrogen) atoms. The Labute approximate surface area is 158 Å². The average molecular weight is 370 g/mol. The standard InChI is InChI=1S/C20H31NO3.ClH/c1-13(2)7-15-11-21-6-5-14-9-19(23-3)20(24-4)10-17(14)18(21)8-16(15)12-22;/h9,13,15-16,22H,5-8,10-12H2,1-4H3;1H/t15-,16+;/m1./s1. The lowest BCUT2D eigenvalue weighted by Gasteiger charge is -2.46. The van der Waals surface area contributed by atoms with E-state index in [1.54, 1.807) is 14.2 Å². The summed E-state index contributed by atoms with van der Waals surface area (Å²) in [6.07, 6.45) is 6.21. The Kier molecular flexibility index (Phi) is 6.86. The van der Waals surface area contributed by atoms with Crippen LogP contribution in [0, 0.1) is 17.8 Å². The van der Waals surface area contributed by atoms with Crippen molar-refractivity contribution in [2.45, 2.75) is 39.5 Å². The molecule has 0 aromatic rings. The second kappa shape index (κ2) is 8.50. The van der Waals surface area contributed by atoms with Crippen LogP contribution in [0.2, 0.25) is 0 Å². The van der Waals surface area contributed by atoms with Gasteiger partial charge < -0.3 is 19.5 Å². The molecule has 4 nitrogen and oxygen atoms in total. The lowest BCUT2D eigenvalue weighted by Crippen LogP contribution is -2.44. The Hall–Kier alpha value is -1.13. The normalized spacial score (nSPS) is 26.0. The minimum atomic E-state index is 0. The van der Waals surface area contributed by atoms with Crippen LogP contribution < -0.4 is 0 Å². The van der Waals surface area contributed by atoms with Gasteiger partial charge in [-0.2, -0.15) is 0 Å². The van der Waals surface area contributed by atoms with E-state index >= 15 is 0 Å². The molecular formula is C20H32ClNO3. The van der Waals surface area contributed by atoms with E-state index in [0.29, 0.717) is 17.8 Å². The summed E-state index contributed by atoms with van der Waals surface area (Å²) < 4.78 is 11.0. The summed E-state index contributed by atoms with van der Waals surface area (Å²) in [7, 11) is 3.42. The summed E-state index contributed by atoms with van der Waals surface area (Å²) in [6, 6.07) is 0. The molecule has 2 atom stereocenters. The van der Waals surface area contributed by atoms with Crippen LogP contribution in [-0.2, 0) is 9.47 Å². The van der Waals surface area contributed by atoms with Crippen LogP contribution in [-0.4, -0.2) is 43.9 Å². The molecule has 0 radical (unpaired) electrons. The fourth-order valence-electron chi connectivity index (χ4n) is 4.51. The third kappa shape index (κ3) is 4.01. The molecule has 1 aliphatic carbocycles. The molecule has 0 spiro atoms. The van der Waals surface area contributed by atoms with E-state index in [0.717, 1.165) is 43.9 Å². The zero-order valence-electron chi connectivity index (χ0n) is 15.9. The molecule has 0 saturated carbocycles. The molecule has 3 aliphatic rings. The Morgan fingerprint density at radius 3 is 2.60 bits per heavy atom. The summed E-state index contributed by atoms with van der Waals surface area (Å²) in [4.78, 5) is 2.57. The van der Waals surface area contributed by atoms with Gasteiger partial charge in [-0.15, -0.1) is 12.4 Å². The molecule has 3 rings (SSSR count). The maximum Gasteiger partial charge on any atom is 0.157 e. The minimum Gasteiger partial charge on any atom is -0.497 e. The van der Waals surface area contributed by atoms with E-state index < -0.39 is 0 Å². The highest BCUT2D eigenvalue weighted by molar-refractivity contribution is 5.85. The van der Waals surface area contributed by atoms with Crippen molar-refractivity contribution in [1.82, 2.24) is 4.90 Å². The van der Waals surface area contributed by atoms with Crippen molar-refractivity contribution in [3.8, 4) is 0 Å². The summed E-state index contributed by atoms with van der Waals surface area (Å²) in [6.45, 7) is 7.01. The van der Waals surface area contributed by atoms with Gasteiger partial charge in [0.05, 0.1) is 14.2 Å². The quantitative estimate of drug-likeness (QED) is 0.798. The summed E-state index contributed by atoms with van der Waals surface area (Å²) >= 11 is 0. The fourth-order valence-corrected chi connectivity index (χ4v) is 4.51. The summed E-state index contributed by atoms with van der Waals surface area (Å²) in [5.41, 5.74) is 4.22. The molecule has 0 aromatic carbocycles. The van der Waals surface area contributed by atoms with Crippen molar-refractivity contribution in [2.75, 3.05) is 33.9 Å². The monoisotopic (exact) mass is 369 g/mol. The Morgan fingerprint density at radius 1 is 1.24 bits per heavy atom. The van der Waals surface area contributed by atoms with E-state index in [2.05, 4.69) is 24.8 Å². The molecule has 0 aromatic heterocycles. The van der Waals surface area contributed by atoms with Crippen molar-refractivity contribution in [2.24, 2.45) is 17.8 Å². The second-order valence-electron chi connectivity index (χ2n) is 7.70. The third-order valence-corrected chi connectivity index (χ3v) is 5.74. The van der Waals surface area contributed by atoms with Gasteiger partial charge in [0.25, 0.3) is 0 Å². The highest BCUT2D eigenvalue weighted by Crippen LogP contribution is 2.43.